The molecule has 1 aliphatic heterocycles. The van der Waals surface area contributed by atoms with Gasteiger partial charge in [-0.05, 0) is 45.1 Å². The van der Waals surface area contributed by atoms with E-state index in [2.05, 4.69) is 15.2 Å². The number of piperidine rings is 1. The van der Waals surface area contributed by atoms with E-state index in [1.807, 2.05) is 0 Å². The molecule has 130 valence electrons. The maximum Gasteiger partial charge on any atom is 0.264 e. The lowest BCUT2D eigenvalue weighted by molar-refractivity contribution is 0.346. The molecule has 1 aliphatic carbocycles. The van der Waals surface area contributed by atoms with E-state index in [9.17, 15) is 8.42 Å². The Hall–Kier alpha value is -1.67. The number of aromatic amines is 1. The molecule has 1 N–H and O–H groups in total. The highest BCUT2D eigenvalue weighted by Gasteiger charge is 2.33. The summed E-state index contributed by atoms with van der Waals surface area (Å²) >= 11 is 0. The second-order valence-electron chi connectivity index (χ2n) is 6.76. The van der Waals surface area contributed by atoms with Crippen LogP contribution in [0.4, 0.5) is 0 Å². The van der Waals surface area contributed by atoms with Crippen molar-refractivity contribution >= 4 is 10.0 Å². The standard InChI is InChI=1S/C16H22N4O3S/c1-10-13(16-19-18-15(23-16)12-6-7-12)17-11(2)14(10)24(21,22)20-8-4-3-5-9-20/h12,17H,3-9H2,1-2H3. The maximum absolute atomic E-state index is 13.0. The molecule has 2 aromatic heterocycles. The molecule has 0 radical (unpaired) electrons. The Bertz CT molecular complexity index is 858. The molecule has 0 atom stereocenters. The van der Waals surface area contributed by atoms with Gasteiger partial charge in [-0.25, -0.2) is 8.42 Å². The zero-order valence-corrected chi connectivity index (χ0v) is 14.8. The lowest BCUT2D eigenvalue weighted by Crippen LogP contribution is -2.36. The quantitative estimate of drug-likeness (QED) is 0.915. The lowest BCUT2D eigenvalue weighted by Gasteiger charge is -2.26. The summed E-state index contributed by atoms with van der Waals surface area (Å²) in [6, 6.07) is 0. The van der Waals surface area contributed by atoms with Gasteiger partial charge in [-0.2, -0.15) is 4.31 Å². The molecule has 0 bridgehead atoms. The normalized spacial score (nSPS) is 19.8. The van der Waals surface area contributed by atoms with E-state index in [1.54, 1.807) is 18.2 Å². The molecule has 2 fully saturated rings. The van der Waals surface area contributed by atoms with E-state index >= 15 is 0 Å². The van der Waals surface area contributed by atoms with E-state index in [-0.39, 0.29) is 0 Å². The smallest absolute Gasteiger partial charge is 0.264 e. The summed E-state index contributed by atoms with van der Waals surface area (Å²) in [5, 5.41) is 8.19. The second-order valence-corrected chi connectivity index (χ2v) is 8.64. The van der Waals surface area contributed by atoms with Crippen LogP contribution in [0.25, 0.3) is 11.6 Å². The topological polar surface area (TPSA) is 92.1 Å². The van der Waals surface area contributed by atoms with Crippen LogP contribution in [0.15, 0.2) is 9.31 Å². The van der Waals surface area contributed by atoms with Gasteiger partial charge in [-0.1, -0.05) is 6.42 Å². The van der Waals surface area contributed by atoms with E-state index in [1.165, 1.54) is 0 Å². The van der Waals surface area contributed by atoms with Gasteiger partial charge in [-0.15, -0.1) is 10.2 Å². The molecule has 7 nitrogen and oxygen atoms in total. The van der Waals surface area contributed by atoms with Gasteiger partial charge in [0, 0.05) is 24.7 Å². The first-order valence-corrected chi connectivity index (χ1v) is 9.95. The Morgan fingerprint density at radius 1 is 1.12 bits per heavy atom. The fourth-order valence-corrected chi connectivity index (χ4v) is 5.32. The molecule has 1 saturated carbocycles. The van der Waals surface area contributed by atoms with E-state index < -0.39 is 10.0 Å². The Labute approximate surface area is 141 Å². The van der Waals surface area contributed by atoms with Gasteiger partial charge in [0.1, 0.15) is 10.6 Å². The highest BCUT2D eigenvalue weighted by Crippen LogP contribution is 2.40. The number of sulfonamides is 1. The fraction of sp³-hybridized carbons (Fsp3) is 0.625. The molecule has 1 saturated heterocycles. The molecular weight excluding hydrogens is 328 g/mol. The van der Waals surface area contributed by atoms with Crippen molar-refractivity contribution in [1.29, 1.82) is 0 Å². The summed E-state index contributed by atoms with van der Waals surface area (Å²) in [6.45, 7) is 4.77. The molecule has 3 heterocycles. The second kappa shape index (κ2) is 5.70. The van der Waals surface area contributed by atoms with Crippen LogP contribution in [0.1, 0.15) is 55.2 Å². The van der Waals surface area contributed by atoms with Crippen LogP contribution < -0.4 is 0 Å². The van der Waals surface area contributed by atoms with Crippen LogP contribution in [0.3, 0.4) is 0 Å². The van der Waals surface area contributed by atoms with Crippen molar-refractivity contribution in [3.63, 3.8) is 0 Å². The number of aromatic nitrogens is 3. The molecule has 24 heavy (non-hydrogen) atoms. The predicted molar refractivity (Wildman–Crippen MR) is 88.1 cm³/mol. The summed E-state index contributed by atoms with van der Waals surface area (Å²) in [7, 11) is -3.50. The van der Waals surface area contributed by atoms with Crippen molar-refractivity contribution in [1.82, 2.24) is 19.5 Å². The average Bonchev–Trinajstić information content (AvgIpc) is 3.22. The summed E-state index contributed by atoms with van der Waals surface area (Å²) in [6.07, 6.45) is 5.10. The first-order chi connectivity index (χ1) is 11.5. The van der Waals surface area contributed by atoms with Crippen molar-refractivity contribution in [2.24, 2.45) is 0 Å². The zero-order valence-electron chi connectivity index (χ0n) is 14.0. The van der Waals surface area contributed by atoms with Gasteiger partial charge in [0.15, 0.2) is 0 Å². The predicted octanol–water partition coefficient (Wildman–Crippen LogP) is 2.73. The molecule has 0 amide bonds. The fourth-order valence-electron chi connectivity index (χ4n) is 3.40. The maximum atomic E-state index is 13.0. The molecule has 4 rings (SSSR count). The molecule has 0 aromatic carbocycles. The van der Waals surface area contributed by atoms with Crippen LogP contribution >= 0.6 is 0 Å². The van der Waals surface area contributed by atoms with Crippen LogP contribution in [0.5, 0.6) is 0 Å². The minimum atomic E-state index is -3.50. The summed E-state index contributed by atoms with van der Waals surface area (Å²) < 4.78 is 33.4. The Balaban J connectivity index is 1.72. The summed E-state index contributed by atoms with van der Waals surface area (Å²) in [5.41, 5.74) is 1.89. The number of aryl methyl sites for hydroxylation is 1. The van der Waals surface area contributed by atoms with Gasteiger partial charge < -0.3 is 9.40 Å². The molecule has 0 spiro atoms. The van der Waals surface area contributed by atoms with Gasteiger partial charge in [0.2, 0.25) is 15.9 Å². The lowest BCUT2D eigenvalue weighted by atomic mass is 10.2. The molecule has 8 heteroatoms. The van der Waals surface area contributed by atoms with Crippen molar-refractivity contribution in [3.8, 4) is 11.6 Å². The molecule has 0 unspecified atom stereocenters. The number of H-pyrrole nitrogens is 1. The number of hydrogen-bond acceptors (Lipinski definition) is 5. The van der Waals surface area contributed by atoms with Crippen LogP contribution in [0, 0.1) is 13.8 Å². The third kappa shape index (κ3) is 2.57. The number of nitrogens with zero attached hydrogens (tertiary/aromatic N) is 3. The zero-order chi connectivity index (χ0) is 16.9. The van der Waals surface area contributed by atoms with E-state index in [0.29, 0.717) is 52.6 Å². The van der Waals surface area contributed by atoms with Gasteiger partial charge in [-0.3, -0.25) is 0 Å². The van der Waals surface area contributed by atoms with E-state index in [4.69, 9.17) is 4.42 Å². The highest BCUT2D eigenvalue weighted by atomic mass is 32.2. The highest BCUT2D eigenvalue weighted by molar-refractivity contribution is 7.89. The van der Waals surface area contributed by atoms with Crippen LogP contribution in [-0.4, -0.2) is 41.0 Å². The third-order valence-corrected chi connectivity index (χ3v) is 7.04. The third-order valence-electron chi connectivity index (χ3n) is 4.86. The minimum Gasteiger partial charge on any atom is -0.419 e. The first kappa shape index (κ1) is 15.8. The number of hydrogen-bond donors (Lipinski definition) is 1. The first-order valence-electron chi connectivity index (χ1n) is 8.51. The SMILES string of the molecule is Cc1[nH]c(-c2nnc(C3CC3)o2)c(C)c1S(=O)(=O)N1CCCCC1. The monoisotopic (exact) mass is 350 g/mol. The Kier molecular flexibility index (Phi) is 3.76. The van der Waals surface area contributed by atoms with Crippen molar-refractivity contribution in [2.45, 2.75) is 56.8 Å². The van der Waals surface area contributed by atoms with Gasteiger partial charge in [0.05, 0.1) is 0 Å². The van der Waals surface area contributed by atoms with Gasteiger partial charge in [0.25, 0.3) is 5.89 Å². The summed E-state index contributed by atoms with van der Waals surface area (Å²) in [4.78, 5) is 3.50. The van der Waals surface area contributed by atoms with Gasteiger partial charge >= 0.3 is 0 Å². The van der Waals surface area contributed by atoms with E-state index in [0.717, 1.165) is 32.1 Å². The van der Waals surface area contributed by atoms with Crippen molar-refractivity contribution in [3.05, 3.63) is 17.1 Å². The van der Waals surface area contributed by atoms with Crippen LogP contribution in [-0.2, 0) is 10.0 Å². The Morgan fingerprint density at radius 2 is 1.83 bits per heavy atom. The van der Waals surface area contributed by atoms with Crippen molar-refractivity contribution in [2.75, 3.05) is 13.1 Å². The minimum absolute atomic E-state index is 0.352. The average molecular weight is 350 g/mol. The Morgan fingerprint density at radius 3 is 2.50 bits per heavy atom. The molecule has 2 aliphatic rings. The van der Waals surface area contributed by atoms with Crippen LogP contribution in [0.2, 0.25) is 0 Å². The summed E-state index contributed by atoms with van der Waals surface area (Å²) in [5.74, 6) is 1.40. The number of rotatable bonds is 4. The largest absolute Gasteiger partial charge is 0.419 e. The molecular formula is C16H22N4O3S. The number of nitrogens with one attached hydrogen (secondary N) is 1. The van der Waals surface area contributed by atoms with Crippen molar-refractivity contribution < 1.29 is 12.8 Å². The molecule has 2 aromatic rings.